The highest BCUT2D eigenvalue weighted by molar-refractivity contribution is 6.31. The lowest BCUT2D eigenvalue weighted by atomic mass is 10.1. The van der Waals surface area contributed by atoms with Crippen LogP contribution in [0.5, 0.6) is 0 Å². The first kappa shape index (κ1) is 17.8. The van der Waals surface area contributed by atoms with Gasteiger partial charge in [-0.3, -0.25) is 4.79 Å². The second-order valence-corrected chi connectivity index (χ2v) is 5.94. The third-order valence-corrected chi connectivity index (χ3v) is 3.85. The Morgan fingerprint density at radius 3 is 2.38 bits per heavy atom. The van der Waals surface area contributed by atoms with Crippen molar-refractivity contribution < 1.29 is 9.59 Å². The van der Waals surface area contributed by atoms with Crippen molar-refractivity contribution in [2.45, 2.75) is 20.4 Å². The first-order valence-corrected chi connectivity index (χ1v) is 7.95. The van der Waals surface area contributed by atoms with E-state index in [2.05, 4.69) is 16.0 Å². The fourth-order valence-corrected chi connectivity index (χ4v) is 2.17. The van der Waals surface area contributed by atoms with E-state index in [1.165, 1.54) is 0 Å². The molecule has 0 aromatic heterocycles. The number of urea groups is 1. The van der Waals surface area contributed by atoms with Gasteiger partial charge in [-0.25, -0.2) is 4.79 Å². The Kier molecular flexibility index (Phi) is 6.21. The van der Waals surface area contributed by atoms with Crippen molar-refractivity contribution in [1.82, 2.24) is 10.6 Å². The number of anilines is 1. The van der Waals surface area contributed by atoms with Gasteiger partial charge >= 0.3 is 6.03 Å². The highest BCUT2D eigenvalue weighted by Crippen LogP contribution is 2.19. The molecular weight excluding hydrogens is 326 g/mol. The van der Waals surface area contributed by atoms with Crippen molar-refractivity contribution in [2.75, 3.05) is 11.9 Å². The molecule has 0 aliphatic heterocycles. The predicted molar refractivity (Wildman–Crippen MR) is 96.2 cm³/mol. The smallest absolute Gasteiger partial charge is 0.315 e. The van der Waals surface area contributed by atoms with Gasteiger partial charge in [0, 0.05) is 17.3 Å². The number of aryl methyl sites for hydroxylation is 2. The summed E-state index contributed by atoms with van der Waals surface area (Å²) in [6, 6.07) is 12.7. The molecule has 6 heteroatoms. The van der Waals surface area contributed by atoms with Gasteiger partial charge < -0.3 is 16.0 Å². The van der Waals surface area contributed by atoms with Crippen LogP contribution >= 0.6 is 11.6 Å². The minimum Gasteiger partial charge on any atom is -0.334 e. The molecule has 0 spiro atoms. The Balaban J connectivity index is 1.73. The van der Waals surface area contributed by atoms with Gasteiger partial charge in [0.1, 0.15) is 0 Å². The maximum Gasteiger partial charge on any atom is 0.315 e. The van der Waals surface area contributed by atoms with E-state index >= 15 is 0 Å². The van der Waals surface area contributed by atoms with Gasteiger partial charge in [-0.15, -0.1) is 0 Å². The second-order valence-electron chi connectivity index (χ2n) is 5.53. The molecule has 0 saturated heterocycles. The lowest BCUT2D eigenvalue weighted by Crippen LogP contribution is -2.39. The minimum absolute atomic E-state index is 0.120. The Labute approximate surface area is 146 Å². The van der Waals surface area contributed by atoms with Gasteiger partial charge in [-0.1, -0.05) is 47.5 Å². The van der Waals surface area contributed by atoms with Gasteiger partial charge in [0.2, 0.25) is 5.91 Å². The average Bonchev–Trinajstić information content (AvgIpc) is 2.56. The molecule has 2 rings (SSSR count). The van der Waals surface area contributed by atoms with E-state index in [9.17, 15) is 9.59 Å². The third kappa shape index (κ3) is 5.59. The van der Waals surface area contributed by atoms with Crippen molar-refractivity contribution in [1.29, 1.82) is 0 Å². The first-order chi connectivity index (χ1) is 11.4. The van der Waals surface area contributed by atoms with Crippen LogP contribution in [0.3, 0.4) is 0 Å². The summed E-state index contributed by atoms with van der Waals surface area (Å²) in [5.41, 5.74) is 3.69. The van der Waals surface area contributed by atoms with Crippen molar-refractivity contribution in [3.05, 3.63) is 64.2 Å². The number of hydrogen-bond donors (Lipinski definition) is 3. The molecule has 0 radical (unpaired) electrons. The van der Waals surface area contributed by atoms with E-state index in [1.807, 2.05) is 44.2 Å². The minimum atomic E-state index is -0.396. The van der Waals surface area contributed by atoms with Crippen molar-refractivity contribution in [3.63, 3.8) is 0 Å². The molecule has 3 N–H and O–H groups in total. The topological polar surface area (TPSA) is 70.2 Å². The van der Waals surface area contributed by atoms with E-state index in [4.69, 9.17) is 11.6 Å². The zero-order chi connectivity index (χ0) is 17.5. The molecule has 126 valence electrons. The van der Waals surface area contributed by atoms with Crippen LogP contribution in [0.2, 0.25) is 5.02 Å². The molecule has 0 fully saturated rings. The number of hydrogen-bond acceptors (Lipinski definition) is 2. The number of carbonyl (C=O) groups excluding carboxylic acids is 2. The Bertz CT molecular complexity index is 730. The largest absolute Gasteiger partial charge is 0.334 e. The third-order valence-electron chi connectivity index (χ3n) is 3.44. The molecule has 0 unspecified atom stereocenters. The quantitative estimate of drug-likeness (QED) is 0.777. The second kappa shape index (κ2) is 8.36. The lowest BCUT2D eigenvalue weighted by molar-refractivity contribution is -0.115. The van der Waals surface area contributed by atoms with Gasteiger partial charge in [0.25, 0.3) is 0 Å². The highest BCUT2D eigenvalue weighted by atomic mass is 35.5. The zero-order valence-electron chi connectivity index (χ0n) is 13.7. The number of amides is 3. The molecule has 5 nitrogen and oxygen atoms in total. The Hall–Kier alpha value is -2.53. The average molecular weight is 346 g/mol. The number of rotatable bonds is 5. The van der Waals surface area contributed by atoms with E-state index in [0.29, 0.717) is 17.3 Å². The SMILES string of the molecule is Cc1ccc(CNC(=O)NCC(=O)Nc2ccc(C)c(Cl)c2)cc1. The Morgan fingerprint density at radius 2 is 1.71 bits per heavy atom. The van der Waals surface area contributed by atoms with E-state index < -0.39 is 6.03 Å². The van der Waals surface area contributed by atoms with Gasteiger partial charge in [0.15, 0.2) is 0 Å². The van der Waals surface area contributed by atoms with Crippen LogP contribution in [0.4, 0.5) is 10.5 Å². The standard InChI is InChI=1S/C18H20ClN3O2/c1-12-3-6-14(7-4-12)10-20-18(24)21-11-17(23)22-15-8-5-13(2)16(19)9-15/h3-9H,10-11H2,1-2H3,(H,22,23)(H2,20,21,24). The number of benzene rings is 2. The molecule has 24 heavy (non-hydrogen) atoms. The molecule has 0 heterocycles. The molecule has 0 bridgehead atoms. The molecule has 3 amide bonds. The summed E-state index contributed by atoms with van der Waals surface area (Å²) in [4.78, 5) is 23.5. The summed E-state index contributed by atoms with van der Waals surface area (Å²) >= 11 is 6.00. The van der Waals surface area contributed by atoms with Crippen molar-refractivity contribution in [2.24, 2.45) is 0 Å². The van der Waals surface area contributed by atoms with Crippen LogP contribution in [-0.4, -0.2) is 18.5 Å². The van der Waals surface area contributed by atoms with Crippen LogP contribution in [0.15, 0.2) is 42.5 Å². The predicted octanol–water partition coefficient (Wildman–Crippen LogP) is 3.39. The van der Waals surface area contributed by atoms with Gasteiger partial charge in [-0.2, -0.15) is 0 Å². The normalized spacial score (nSPS) is 10.1. The first-order valence-electron chi connectivity index (χ1n) is 7.57. The van der Waals surface area contributed by atoms with Crippen LogP contribution in [-0.2, 0) is 11.3 Å². The van der Waals surface area contributed by atoms with Gasteiger partial charge in [-0.05, 0) is 37.1 Å². The molecule has 2 aromatic rings. The summed E-state index contributed by atoms with van der Waals surface area (Å²) in [5.74, 6) is -0.319. The van der Waals surface area contributed by atoms with Crippen LogP contribution in [0, 0.1) is 13.8 Å². The maximum atomic E-state index is 11.8. The molecule has 0 aliphatic rings. The zero-order valence-corrected chi connectivity index (χ0v) is 14.4. The molecular formula is C18H20ClN3O2. The number of nitrogens with one attached hydrogen (secondary N) is 3. The molecule has 0 atom stereocenters. The summed E-state index contributed by atoms with van der Waals surface area (Å²) in [6.45, 7) is 4.17. The maximum absolute atomic E-state index is 11.8. The van der Waals surface area contributed by atoms with Crippen molar-refractivity contribution in [3.8, 4) is 0 Å². The fraction of sp³-hybridized carbons (Fsp3) is 0.222. The summed E-state index contributed by atoms with van der Waals surface area (Å²) in [6.07, 6.45) is 0. The van der Waals surface area contributed by atoms with E-state index in [0.717, 1.165) is 16.7 Å². The van der Waals surface area contributed by atoms with Crippen LogP contribution in [0.25, 0.3) is 0 Å². The van der Waals surface area contributed by atoms with Crippen LogP contribution in [0.1, 0.15) is 16.7 Å². The van der Waals surface area contributed by atoms with E-state index in [-0.39, 0.29) is 12.5 Å². The summed E-state index contributed by atoms with van der Waals surface area (Å²) < 4.78 is 0. The fourth-order valence-electron chi connectivity index (χ4n) is 1.99. The molecule has 0 aliphatic carbocycles. The monoisotopic (exact) mass is 345 g/mol. The molecule has 0 saturated carbocycles. The van der Waals surface area contributed by atoms with Crippen LogP contribution < -0.4 is 16.0 Å². The van der Waals surface area contributed by atoms with Crippen molar-refractivity contribution >= 4 is 29.2 Å². The summed E-state index contributed by atoms with van der Waals surface area (Å²) in [5, 5.41) is 8.48. The Morgan fingerprint density at radius 1 is 1.00 bits per heavy atom. The summed E-state index contributed by atoms with van der Waals surface area (Å²) in [7, 11) is 0. The molecule has 2 aromatic carbocycles. The van der Waals surface area contributed by atoms with E-state index in [1.54, 1.807) is 12.1 Å². The highest BCUT2D eigenvalue weighted by Gasteiger charge is 2.06. The number of halogens is 1. The van der Waals surface area contributed by atoms with Gasteiger partial charge in [0.05, 0.1) is 6.54 Å². The number of carbonyl (C=O) groups is 2. The lowest BCUT2D eigenvalue weighted by Gasteiger charge is -2.09.